The van der Waals surface area contributed by atoms with Crippen molar-refractivity contribution in [3.63, 3.8) is 0 Å². The van der Waals surface area contributed by atoms with Gasteiger partial charge >= 0.3 is 11.9 Å². The Labute approximate surface area is 334 Å². The number of ketones is 1. The van der Waals surface area contributed by atoms with Crippen LogP contribution in [0.15, 0.2) is 30.4 Å². The number of Topliss-reactive ketones (excluding diaryl/α,β-unsaturated/α-hetero) is 1. The lowest BCUT2D eigenvalue weighted by molar-refractivity contribution is -0.155. The van der Waals surface area contributed by atoms with Crippen molar-refractivity contribution in [2.24, 2.45) is 29.1 Å². The zero-order valence-electron chi connectivity index (χ0n) is 32.8. The monoisotopic (exact) mass is 790 g/mol. The van der Waals surface area contributed by atoms with Crippen molar-refractivity contribution in [3.8, 4) is 11.5 Å². The second-order valence-electron chi connectivity index (χ2n) is 17.3. The summed E-state index contributed by atoms with van der Waals surface area (Å²) in [7, 11) is 2.99. The predicted octanol–water partition coefficient (Wildman–Crippen LogP) is 7.53. The number of ether oxygens (including phenoxy) is 5. The van der Waals surface area contributed by atoms with E-state index in [0.717, 1.165) is 57.1 Å². The average Bonchev–Trinajstić information content (AvgIpc) is 4.16. The van der Waals surface area contributed by atoms with E-state index < -0.39 is 29.4 Å². The van der Waals surface area contributed by atoms with E-state index in [0.29, 0.717) is 64.6 Å². The SMILES string of the molecule is COC(=O)[C@]12CC(=O)[C@@H]3C[C@@H](Oc4cc(C5CC5)nc5c(Cl)c(OCC(C)OC)ccc45)CN3C(=O)[C@@H](CC(=O)OC3CC4CC4C3)CCCCC/C=C\[C@@H]1C2. The normalized spacial score (nSPS) is 32.6. The van der Waals surface area contributed by atoms with E-state index in [1.807, 2.05) is 19.1 Å². The maximum absolute atomic E-state index is 14.7. The fourth-order valence-electron chi connectivity index (χ4n) is 9.47. The van der Waals surface area contributed by atoms with Crippen molar-refractivity contribution in [1.82, 2.24) is 9.88 Å². The highest BCUT2D eigenvalue weighted by Crippen LogP contribution is 2.58. The highest BCUT2D eigenvalue weighted by Gasteiger charge is 2.61. The first-order chi connectivity index (χ1) is 27.1. The van der Waals surface area contributed by atoms with Gasteiger partial charge in [-0.3, -0.25) is 24.2 Å². The van der Waals surface area contributed by atoms with E-state index >= 15 is 0 Å². The Bertz CT molecular complexity index is 1870. The number of aromatic nitrogens is 1. The molecule has 12 heteroatoms. The van der Waals surface area contributed by atoms with Crippen molar-refractivity contribution in [2.45, 2.75) is 127 Å². The van der Waals surface area contributed by atoms with Gasteiger partial charge in [0.15, 0.2) is 5.78 Å². The predicted molar refractivity (Wildman–Crippen MR) is 208 cm³/mol. The maximum Gasteiger partial charge on any atom is 0.312 e. The first-order valence-electron chi connectivity index (χ1n) is 20.8. The molecule has 56 heavy (non-hydrogen) atoms. The Morgan fingerprint density at radius 3 is 2.55 bits per heavy atom. The minimum Gasteiger partial charge on any atom is -0.489 e. The van der Waals surface area contributed by atoms with Crippen LogP contribution in [0, 0.1) is 29.1 Å². The zero-order chi connectivity index (χ0) is 39.1. The number of allylic oxidation sites excluding steroid dienone is 2. The molecule has 0 bridgehead atoms. The molecule has 6 aliphatic rings. The minimum absolute atomic E-state index is 0.0204. The number of methoxy groups -OCH3 is 2. The molecule has 2 aliphatic heterocycles. The lowest BCUT2D eigenvalue weighted by Crippen LogP contribution is -2.45. The molecule has 0 radical (unpaired) electrons. The second kappa shape index (κ2) is 16.3. The minimum atomic E-state index is -0.945. The number of benzene rings is 1. The summed E-state index contributed by atoms with van der Waals surface area (Å²) in [5, 5.41) is 1.09. The third kappa shape index (κ3) is 8.31. The fraction of sp³-hybridized carbons (Fsp3) is 0.659. The van der Waals surface area contributed by atoms with Crippen molar-refractivity contribution >= 4 is 46.1 Å². The summed E-state index contributed by atoms with van der Waals surface area (Å²) in [4.78, 5) is 62.4. The number of rotatable bonds is 11. The number of fused-ring (bicyclic) bond motifs is 4. The van der Waals surface area contributed by atoms with Crippen LogP contribution >= 0.6 is 11.6 Å². The van der Waals surface area contributed by atoms with E-state index in [4.69, 9.17) is 40.3 Å². The van der Waals surface area contributed by atoms with Crippen LogP contribution in [-0.2, 0) is 33.4 Å². The third-order valence-corrected chi connectivity index (χ3v) is 13.6. The van der Waals surface area contributed by atoms with Gasteiger partial charge in [-0.05, 0) is 94.6 Å². The molecule has 5 fully saturated rings. The highest BCUT2D eigenvalue weighted by atomic mass is 35.5. The summed E-state index contributed by atoms with van der Waals surface area (Å²) in [6.07, 6.45) is 13.2. The molecular weight excluding hydrogens is 736 g/mol. The number of esters is 2. The highest BCUT2D eigenvalue weighted by molar-refractivity contribution is 6.36. The Kier molecular flexibility index (Phi) is 11.4. The average molecular weight is 791 g/mol. The lowest BCUT2D eigenvalue weighted by Gasteiger charge is -2.29. The molecule has 11 nitrogen and oxygen atoms in total. The molecule has 0 spiro atoms. The third-order valence-electron chi connectivity index (χ3n) is 13.2. The van der Waals surface area contributed by atoms with E-state index in [2.05, 4.69) is 12.2 Å². The van der Waals surface area contributed by atoms with Gasteiger partial charge in [-0.25, -0.2) is 0 Å². The largest absolute Gasteiger partial charge is 0.489 e. The molecule has 1 saturated heterocycles. The zero-order valence-corrected chi connectivity index (χ0v) is 33.6. The van der Waals surface area contributed by atoms with E-state index in [-0.39, 0.29) is 61.6 Å². The van der Waals surface area contributed by atoms with Crippen LogP contribution < -0.4 is 9.47 Å². The molecule has 1 aromatic heterocycles. The van der Waals surface area contributed by atoms with Gasteiger partial charge in [0.25, 0.3) is 0 Å². The van der Waals surface area contributed by atoms with Crippen molar-refractivity contribution in [3.05, 3.63) is 41.1 Å². The first-order valence-corrected chi connectivity index (χ1v) is 21.2. The number of amides is 1. The molecule has 4 aliphatic carbocycles. The fourth-order valence-corrected chi connectivity index (χ4v) is 9.73. The summed E-state index contributed by atoms with van der Waals surface area (Å²) in [6, 6.07) is 4.82. The summed E-state index contributed by atoms with van der Waals surface area (Å²) < 4.78 is 29.3. The van der Waals surface area contributed by atoms with Gasteiger partial charge in [-0.15, -0.1) is 0 Å². The van der Waals surface area contributed by atoms with Crippen molar-refractivity contribution in [1.29, 1.82) is 0 Å². The molecular formula is C44H55ClN2O9. The van der Waals surface area contributed by atoms with Crippen molar-refractivity contribution < 1.29 is 42.9 Å². The topological polar surface area (TPSA) is 131 Å². The first kappa shape index (κ1) is 39.1. The Balaban J connectivity index is 1.08. The molecule has 4 saturated carbocycles. The van der Waals surface area contributed by atoms with Crippen LogP contribution in [-0.4, -0.2) is 85.2 Å². The van der Waals surface area contributed by atoms with Gasteiger partial charge < -0.3 is 28.6 Å². The van der Waals surface area contributed by atoms with Gasteiger partial charge in [0.1, 0.15) is 35.3 Å². The van der Waals surface area contributed by atoms with E-state index in [1.165, 1.54) is 13.5 Å². The summed E-state index contributed by atoms with van der Waals surface area (Å²) in [5.74, 6) is 0.827. The molecule has 8 rings (SSSR count). The molecule has 8 atom stereocenters. The standard InChI is InChI=1S/C44H55ClN2O9/c1-25(52-2)24-54-37-14-13-33-38(20-34(26-11-12-26)46-41(33)40(37)45)55-32-19-35-36(48)22-44(43(51)53-3)21-30(44)10-8-6-4-5-7-9-27(42(50)47(35)23-32)18-39(49)56-31-16-28-15-29(28)17-31/h8,10,13-14,20,25-32,35H,4-7,9,11-12,15-19,21-24H2,1-3H3/b10-8-/t25?,27-,28?,29?,30-,31?,32-,35+,44-/m1/s1. The van der Waals surface area contributed by atoms with Crippen LogP contribution in [0.4, 0.5) is 0 Å². The Hall–Kier alpha value is -3.70. The maximum atomic E-state index is 14.7. The lowest BCUT2D eigenvalue weighted by atomic mass is 9.91. The van der Waals surface area contributed by atoms with Gasteiger partial charge in [0, 0.05) is 48.9 Å². The molecule has 3 heterocycles. The van der Waals surface area contributed by atoms with E-state index in [9.17, 15) is 19.2 Å². The van der Waals surface area contributed by atoms with Crippen LogP contribution in [0.2, 0.25) is 5.02 Å². The number of nitrogens with zero attached hydrogens (tertiary/aromatic N) is 2. The van der Waals surface area contributed by atoms with Gasteiger partial charge in [-0.2, -0.15) is 0 Å². The summed E-state index contributed by atoms with van der Waals surface area (Å²) in [5.41, 5.74) is 0.502. The smallest absolute Gasteiger partial charge is 0.312 e. The van der Waals surface area contributed by atoms with Crippen LogP contribution in [0.25, 0.3) is 10.9 Å². The Morgan fingerprint density at radius 2 is 1.80 bits per heavy atom. The Morgan fingerprint density at radius 1 is 1.00 bits per heavy atom. The number of hydrogen-bond acceptors (Lipinski definition) is 10. The number of pyridine rings is 1. The molecule has 2 aromatic rings. The summed E-state index contributed by atoms with van der Waals surface area (Å²) >= 11 is 6.95. The van der Waals surface area contributed by atoms with Gasteiger partial charge in [0.05, 0.1) is 43.2 Å². The van der Waals surface area contributed by atoms with E-state index in [1.54, 1.807) is 18.1 Å². The van der Waals surface area contributed by atoms with Crippen molar-refractivity contribution in [2.75, 3.05) is 27.4 Å². The molecule has 302 valence electrons. The van der Waals surface area contributed by atoms with Gasteiger partial charge in [-0.1, -0.05) is 36.6 Å². The molecule has 0 N–H and O–H groups in total. The second-order valence-corrected chi connectivity index (χ2v) is 17.7. The van der Waals surface area contributed by atoms with Gasteiger partial charge in [0.2, 0.25) is 5.91 Å². The van der Waals surface area contributed by atoms with Crippen LogP contribution in [0.1, 0.15) is 108 Å². The number of halogens is 1. The molecule has 1 aromatic carbocycles. The quantitative estimate of drug-likeness (QED) is 0.166. The number of hydrogen-bond donors (Lipinski definition) is 0. The van der Waals surface area contributed by atoms with Crippen LogP contribution in [0.5, 0.6) is 11.5 Å². The molecule has 1 amide bonds. The number of carbonyl (C=O) groups is 4. The molecule has 3 unspecified atom stereocenters. The summed E-state index contributed by atoms with van der Waals surface area (Å²) in [6.45, 7) is 2.40. The number of carbonyl (C=O) groups excluding carboxylic acids is 4. The van der Waals surface area contributed by atoms with Crippen LogP contribution in [0.3, 0.4) is 0 Å².